The maximum Gasteiger partial charge on any atom is 0.471 e. The van der Waals surface area contributed by atoms with Crippen molar-refractivity contribution in [3.05, 3.63) is 0 Å². The molecule has 16 heavy (non-hydrogen) atoms. The van der Waals surface area contributed by atoms with Gasteiger partial charge in [-0.05, 0) is 12.8 Å². The van der Waals surface area contributed by atoms with Crippen LogP contribution in [0.5, 0.6) is 0 Å². The maximum absolute atomic E-state index is 12.2. The van der Waals surface area contributed by atoms with Crippen LogP contribution in [-0.4, -0.2) is 42.6 Å². The van der Waals surface area contributed by atoms with E-state index in [0.29, 0.717) is 11.3 Å². The number of hydrogen-bond donors (Lipinski definition) is 1. The van der Waals surface area contributed by atoms with Crippen LogP contribution in [0.1, 0.15) is 12.8 Å². The first-order valence-corrected chi connectivity index (χ1v) is 4.58. The molecule has 1 atom stereocenters. The highest BCUT2D eigenvalue weighted by Gasteiger charge is 2.47. The molecule has 1 N–H and O–H groups in total. The highest BCUT2D eigenvalue weighted by Crippen LogP contribution is 2.25. The molecule has 0 aromatic carbocycles. The summed E-state index contributed by atoms with van der Waals surface area (Å²) in [4.78, 5) is 27.1. The smallest absolute Gasteiger partial charge is 0.323 e. The monoisotopic (exact) mass is 240 g/mol. The molecule has 0 aromatic rings. The number of hydrogen-bond acceptors (Lipinski definition) is 3. The molecule has 1 aliphatic rings. The van der Waals surface area contributed by atoms with Crippen molar-refractivity contribution in [3.63, 3.8) is 0 Å². The van der Waals surface area contributed by atoms with Crippen LogP contribution in [0.3, 0.4) is 0 Å². The van der Waals surface area contributed by atoms with E-state index in [-0.39, 0.29) is 13.0 Å². The molecule has 1 saturated heterocycles. The summed E-state index contributed by atoms with van der Waals surface area (Å²) in [5.41, 5.74) is 1.92. The van der Waals surface area contributed by atoms with E-state index >= 15 is 0 Å². The predicted octanol–water partition coefficient (Wildman–Crippen LogP) is 0.217. The third-order valence-electron chi connectivity index (χ3n) is 2.26. The van der Waals surface area contributed by atoms with Gasteiger partial charge in [0.25, 0.3) is 5.91 Å². The molecule has 1 fully saturated rings. The Bertz CT molecular complexity index is 293. The molecule has 2 amide bonds. The number of rotatable bonds is 2. The van der Waals surface area contributed by atoms with Gasteiger partial charge in [-0.2, -0.15) is 13.2 Å². The number of nitrogens with zero attached hydrogens (tertiary/aromatic N) is 1. The van der Waals surface area contributed by atoms with Crippen molar-refractivity contribution in [3.8, 4) is 0 Å². The Morgan fingerprint density at radius 1 is 1.44 bits per heavy atom. The normalized spacial score (nSPS) is 21.0. The lowest BCUT2D eigenvalue weighted by Crippen LogP contribution is -2.49. The van der Waals surface area contributed by atoms with E-state index in [1.165, 1.54) is 7.11 Å². The zero-order chi connectivity index (χ0) is 12.3. The zero-order valence-electron chi connectivity index (χ0n) is 8.50. The summed E-state index contributed by atoms with van der Waals surface area (Å²) in [7, 11) is 1.17. The van der Waals surface area contributed by atoms with Crippen LogP contribution >= 0.6 is 0 Å². The molecule has 1 rings (SSSR count). The summed E-state index contributed by atoms with van der Waals surface area (Å²) in [6.07, 6.45) is -4.38. The fourth-order valence-corrected chi connectivity index (χ4v) is 1.61. The van der Waals surface area contributed by atoms with Crippen LogP contribution in [0, 0.1) is 0 Å². The number of carbonyl (C=O) groups excluding carboxylic acids is 2. The van der Waals surface area contributed by atoms with E-state index in [9.17, 15) is 22.8 Å². The number of nitrogens with one attached hydrogen (secondary N) is 1. The molecule has 1 unspecified atom stereocenters. The Balaban J connectivity index is 2.73. The van der Waals surface area contributed by atoms with Gasteiger partial charge in [0, 0.05) is 6.54 Å². The lowest BCUT2D eigenvalue weighted by atomic mass is 10.2. The molecule has 0 saturated carbocycles. The zero-order valence-corrected chi connectivity index (χ0v) is 8.50. The van der Waals surface area contributed by atoms with Crippen molar-refractivity contribution in [2.45, 2.75) is 25.1 Å². The summed E-state index contributed by atoms with van der Waals surface area (Å²) in [5.74, 6) is -2.72. The summed E-state index contributed by atoms with van der Waals surface area (Å²) >= 11 is 0. The van der Waals surface area contributed by atoms with Gasteiger partial charge in [0.1, 0.15) is 6.04 Å². The Labute approximate surface area is 89.5 Å². The second kappa shape index (κ2) is 4.69. The fourth-order valence-electron chi connectivity index (χ4n) is 1.61. The Hall–Kier alpha value is -1.31. The molecule has 92 valence electrons. The number of alkyl halides is 3. The van der Waals surface area contributed by atoms with Crippen molar-refractivity contribution >= 4 is 11.8 Å². The first kappa shape index (κ1) is 12.8. The van der Waals surface area contributed by atoms with Crippen molar-refractivity contribution in [2.75, 3.05) is 13.7 Å². The van der Waals surface area contributed by atoms with Gasteiger partial charge in [0.05, 0.1) is 7.11 Å². The second-order valence-corrected chi connectivity index (χ2v) is 3.32. The van der Waals surface area contributed by atoms with Crippen LogP contribution in [0.25, 0.3) is 0 Å². The van der Waals surface area contributed by atoms with Gasteiger partial charge in [-0.3, -0.25) is 14.4 Å². The minimum atomic E-state index is -4.95. The molecule has 1 aliphatic heterocycles. The lowest BCUT2D eigenvalue weighted by molar-refractivity contribution is -0.187. The molecule has 1 heterocycles. The number of likely N-dealkylation sites (tertiary alicyclic amines) is 1. The molecular formula is C8H11F3N2O3. The number of halogens is 3. The van der Waals surface area contributed by atoms with Crippen molar-refractivity contribution in [2.24, 2.45) is 0 Å². The highest BCUT2D eigenvalue weighted by molar-refractivity contribution is 5.90. The molecular weight excluding hydrogens is 229 g/mol. The Morgan fingerprint density at radius 2 is 2.06 bits per heavy atom. The van der Waals surface area contributed by atoms with Crippen LogP contribution in [0.4, 0.5) is 13.2 Å². The van der Waals surface area contributed by atoms with Crippen molar-refractivity contribution < 1.29 is 27.6 Å². The van der Waals surface area contributed by atoms with E-state index in [1.807, 2.05) is 5.48 Å². The van der Waals surface area contributed by atoms with Crippen LogP contribution < -0.4 is 5.48 Å². The quantitative estimate of drug-likeness (QED) is 0.702. The summed E-state index contributed by atoms with van der Waals surface area (Å²) in [6, 6.07) is -1.10. The molecule has 0 aromatic heterocycles. The standard InChI is InChI=1S/C8H11F3N2O3/c1-16-12-6(14)5-3-2-4-13(5)7(15)8(9,10)11/h5H,2-4H2,1H3,(H,12,14). The van der Waals surface area contributed by atoms with Crippen LogP contribution in [0.15, 0.2) is 0 Å². The largest absolute Gasteiger partial charge is 0.471 e. The Morgan fingerprint density at radius 3 is 2.56 bits per heavy atom. The van der Waals surface area contributed by atoms with Gasteiger partial charge in [-0.15, -0.1) is 0 Å². The first-order valence-electron chi connectivity index (χ1n) is 4.58. The molecule has 0 bridgehead atoms. The average molecular weight is 240 g/mol. The molecule has 8 heteroatoms. The number of amides is 2. The fraction of sp³-hybridized carbons (Fsp3) is 0.750. The van der Waals surface area contributed by atoms with Crippen molar-refractivity contribution in [1.82, 2.24) is 10.4 Å². The van der Waals surface area contributed by atoms with E-state index in [0.717, 1.165) is 0 Å². The number of hydroxylamine groups is 1. The predicted molar refractivity (Wildman–Crippen MR) is 45.9 cm³/mol. The van der Waals surface area contributed by atoms with Gasteiger partial charge in [-0.1, -0.05) is 0 Å². The number of carbonyl (C=O) groups is 2. The van der Waals surface area contributed by atoms with Gasteiger partial charge < -0.3 is 4.90 Å². The first-order chi connectivity index (χ1) is 7.38. The molecule has 0 spiro atoms. The van der Waals surface area contributed by atoms with E-state index in [1.54, 1.807) is 0 Å². The topological polar surface area (TPSA) is 58.6 Å². The minimum Gasteiger partial charge on any atom is -0.323 e. The van der Waals surface area contributed by atoms with Gasteiger partial charge in [0.15, 0.2) is 0 Å². The lowest BCUT2D eigenvalue weighted by Gasteiger charge is -2.24. The molecule has 0 radical (unpaired) electrons. The third-order valence-corrected chi connectivity index (χ3v) is 2.26. The summed E-state index contributed by atoms with van der Waals surface area (Å²) < 4.78 is 36.5. The second-order valence-electron chi connectivity index (χ2n) is 3.32. The van der Waals surface area contributed by atoms with Crippen molar-refractivity contribution in [1.29, 1.82) is 0 Å². The van der Waals surface area contributed by atoms with Gasteiger partial charge >= 0.3 is 12.1 Å². The minimum absolute atomic E-state index is 0.0693. The molecule has 5 nitrogen and oxygen atoms in total. The highest BCUT2D eigenvalue weighted by atomic mass is 19.4. The van der Waals surface area contributed by atoms with Gasteiger partial charge in [-0.25, -0.2) is 5.48 Å². The van der Waals surface area contributed by atoms with Crippen LogP contribution in [-0.2, 0) is 14.4 Å². The van der Waals surface area contributed by atoms with E-state index in [2.05, 4.69) is 4.84 Å². The third kappa shape index (κ3) is 2.63. The average Bonchev–Trinajstić information content (AvgIpc) is 2.63. The SMILES string of the molecule is CONC(=O)C1CCCN1C(=O)C(F)(F)F. The molecule has 0 aliphatic carbocycles. The van der Waals surface area contributed by atoms with E-state index in [4.69, 9.17) is 0 Å². The summed E-state index contributed by atoms with van der Waals surface area (Å²) in [5, 5.41) is 0. The summed E-state index contributed by atoms with van der Waals surface area (Å²) in [6.45, 7) is -0.0693. The van der Waals surface area contributed by atoms with E-state index < -0.39 is 24.0 Å². The van der Waals surface area contributed by atoms with Crippen LogP contribution in [0.2, 0.25) is 0 Å². The maximum atomic E-state index is 12.2. The Kier molecular flexibility index (Phi) is 3.74. The van der Waals surface area contributed by atoms with Gasteiger partial charge in [0.2, 0.25) is 0 Å².